The van der Waals surface area contributed by atoms with Crippen LogP contribution in [0.15, 0.2) is 91.0 Å². The van der Waals surface area contributed by atoms with Gasteiger partial charge in [-0.1, -0.05) is 96.6 Å². The maximum absolute atomic E-state index is 11.2. The van der Waals surface area contributed by atoms with Gasteiger partial charge >= 0.3 is 5.97 Å². The highest BCUT2D eigenvalue weighted by atomic mass is 16.5. The Morgan fingerprint density at radius 2 is 1.55 bits per heavy atom. The van der Waals surface area contributed by atoms with Crippen LogP contribution in [0.1, 0.15) is 50.6 Å². The third-order valence-electron chi connectivity index (χ3n) is 7.19. The van der Waals surface area contributed by atoms with E-state index in [0.717, 1.165) is 28.7 Å². The van der Waals surface area contributed by atoms with Gasteiger partial charge in [0.1, 0.15) is 18.5 Å². The monoisotopic (exact) mass is 534 g/mol. The molecule has 204 valence electrons. The highest BCUT2D eigenvalue weighted by Crippen LogP contribution is 2.36. The van der Waals surface area contributed by atoms with Crippen LogP contribution >= 0.6 is 0 Å². The van der Waals surface area contributed by atoms with E-state index in [2.05, 4.69) is 79.7 Å². The fraction of sp³-hybridized carbons (Fsp3) is 0.229. The number of hydrogen-bond acceptors (Lipinski definition) is 4. The van der Waals surface area contributed by atoms with Gasteiger partial charge in [-0.05, 0) is 64.4 Å². The number of ether oxygens (including phenoxy) is 3. The van der Waals surface area contributed by atoms with Crippen LogP contribution in [0, 0.1) is 6.92 Å². The zero-order valence-electron chi connectivity index (χ0n) is 22.9. The maximum atomic E-state index is 11.2. The number of carboxylic acids is 1. The molecular formula is C35H34O5. The van der Waals surface area contributed by atoms with E-state index >= 15 is 0 Å². The number of aryl methyl sites for hydroxylation is 1. The van der Waals surface area contributed by atoms with E-state index in [0.29, 0.717) is 25.4 Å². The molecule has 1 N–H and O–H groups in total. The van der Waals surface area contributed by atoms with Gasteiger partial charge in [0.2, 0.25) is 0 Å². The van der Waals surface area contributed by atoms with Crippen molar-refractivity contribution < 1.29 is 24.1 Å². The number of rotatable bonds is 11. The summed E-state index contributed by atoms with van der Waals surface area (Å²) in [5, 5.41) is 9.20. The minimum absolute atomic E-state index is 0.210. The SMILES string of the molecule is COC(Cc1ccc(OCCOC2c3ccc(Cc4ccccc4)cc3C=Cc3ccc(C)cc32)cc1)C(=O)O. The van der Waals surface area contributed by atoms with E-state index in [1.807, 2.05) is 30.3 Å². The average molecular weight is 535 g/mol. The number of methoxy groups -OCH3 is 1. The Morgan fingerprint density at radius 3 is 2.30 bits per heavy atom. The number of benzene rings is 4. The van der Waals surface area contributed by atoms with Crippen molar-refractivity contribution in [2.75, 3.05) is 20.3 Å². The van der Waals surface area contributed by atoms with Gasteiger partial charge in [-0.15, -0.1) is 0 Å². The molecule has 1 aliphatic rings. The summed E-state index contributed by atoms with van der Waals surface area (Å²) in [5.41, 5.74) is 9.25. The molecule has 0 heterocycles. The molecule has 0 saturated carbocycles. The lowest BCUT2D eigenvalue weighted by Crippen LogP contribution is -2.24. The van der Waals surface area contributed by atoms with Crippen LogP contribution in [0.2, 0.25) is 0 Å². The molecule has 4 aromatic carbocycles. The van der Waals surface area contributed by atoms with Gasteiger partial charge in [-0.25, -0.2) is 4.79 Å². The molecule has 2 atom stereocenters. The van der Waals surface area contributed by atoms with Crippen molar-refractivity contribution in [1.29, 1.82) is 0 Å². The van der Waals surface area contributed by atoms with Gasteiger partial charge in [0.05, 0.1) is 6.61 Å². The number of carbonyl (C=O) groups is 1. The Bertz CT molecular complexity index is 1470. The van der Waals surface area contributed by atoms with Crippen LogP contribution in [-0.2, 0) is 27.1 Å². The van der Waals surface area contributed by atoms with Crippen LogP contribution in [0.25, 0.3) is 12.2 Å². The first-order chi connectivity index (χ1) is 19.5. The summed E-state index contributed by atoms with van der Waals surface area (Å²) in [6.07, 6.45) is 4.49. The standard InChI is InChI=1S/C35H34O5/c1-24-8-12-28-13-14-29-22-27(21-25-6-4-3-5-7-25)11-17-31(29)34(32(28)20-24)40-19-18-39-30-15-9-26(10-16-30)23-33(38-2)35(36)37/h3-17,20,22,33-34H,18-19,21,23H2,1-2H3,(H,36,37). The summed E-state index contributed by atoms with van der Waals surface area (Å²) in [6.45, 7) is 2.91. The van der Waals surface area contributed by atoms with Gasteiger partial charge < -0.3 is 19.3 Å². The maximum Gasteiger partial charge on any atom is 0.333 e. The minimum atomic E-state index is -0.973. The fourth-order valence-corrected chi connectivity index (χ4v) is 5.08. The summed E-state index contributed by atoms with van der Waals surface area (Å²) < 4.78 is 17.5. The van der Waals surface area contributed by atoms with Gasteiger partial charge in [0, 0.05) is 13.5 Å². The van der Waals surface area contributed by atoms with Gasteiger partial charge in [0.25, 0.3) is 0 Å². The molecule has 0 aromatic heterocycles. The molecule has 0 fully saturated rings. The predicted molar refractivity (Wildman–Crippen MR) is 158 cm³/mol. The third-order valence-corrected chi connectivity index (χ3v) is 7.19. The molecule has 0 radical (unpaired) electrons. The molecule has 0 saturated heterocycles. The third kappa shape index (κ3) is 6.68. The summed E-state index contributed by atoms with van der Waals surface area (Å²) in [4.78, 5) is 11.2. The number of aliphatic carboxylic acids is 1. The minimum Gasteiger partial charge on any atom is -0.491 e. The second-order valence-electron chi connectivity index (χ2n) is 10.1. The van der Waals surface area contributed by atoms with Crippen molar-refractivity contribution in [1.82, 2.24) is 0 Å². The lowest BCUT2D eigenvalue weighted by Gasteiger charge is -2.22. The Morgan fingerprint density at radius 1 is 0.800 bits per heavy atom. The first-order valence-corrected chi connectivity index (χ1v) is 13.5. The van der Waals surface area contributed by atoms with Crippen LogP contribution in [0.5, 0.6) is 5.75 Å². The molecule has 2 unspecified atom stereocenters. The highest BCUT2D eigenvalue weighted by Gasteiger charge is 2.23. The molecule has 5 heteroatoms. The average Bonchev–Trinajstić information content (AvgIpc) is 3.11. The number of hydrogen-bond donors (Lipinski definition) is 1. The fourth-order valence-electron chi connectivity index (χ4n) is 5.08. The van der Waals surface area contributed by atoms with Crippen molar-refractivity contribution in [2.24, 2.45) is 0 Å². The topological polar surface area (TPSA) is 65.0 Å². The molecule has 5 nitrogen and oxygen atoms in total. The van der Waals surface area contributed by atoms with Gasteiger partial charge in [-0.3, -0.25) is 0 Å². The highest BCUT2D eigenvalue weighted by molar-refractivity contribution is 5.76. The molecular weight excluding hydrogens is 500 g/mol. The molecule has 0 spiro atoms. The first-order valence-electron chi connectivity index (χ1n) is 13.5. The number of carboxylic acid groups (broad SMARTS) is 1. The van der Waals surface area contributed by atoms with E-state index in [1.54, 1.807) is 0 Å². The Hall–Kier alpha value is -4.19. The van der Waals surface area contributed by atoms with Crippen LogP contribution in [-0.4, -0.2) is 37.5 Å². The zero-order chi connectivity index (χ0) is 27.9. The van der Waals surface area contributed by atoms with Crippen LogP contribution < -0.4 is 4.74 Å². The normalized spacial score (nSPS) is 14.6. The van der Waals surface area contributed by atoms with Gasteiger partial charge in [0.15, 0.2) is 6.10 Å². The second kappa shape index (κ2) is 12.8. The molecule has 0 amide bonds. The summed E-state index contributed by atoms with van der Waals surface area (Å²) in [5.74, 6) is -0.263. The molecule has 5 rings (SSSR count). The largest absolute Gasteiger partial charge is 0.491 e. The zero-order valence-corrected chi connectivity index (χ0v) is 22.9. The quantitative estimate of drug-likeness (QED) is 0.212. The number of fused-ring (bicyclic) bond motifs is 2. The van der Waals surface area contributed by atoms with Gasteiger partial charge in [-0.2, -0.15) is 0 Å². The Balaban J connectivity index is 1.28. The molecule has 1 aliphatic carbocycles. The lowest BCUT2D eigenvalue weighted by atomic mass is 9.93. The summed E-state index contributed by atoms with van der Waals surface area (Å²) in [6, 6.07) is 31.1. The molecule has 0 aliphatic heterocycles. The smallest absolute Gasteiger partial charge is 0.333 e. The van der Waals surface area contributed by atoms with E-state index in [1.165, 1.54) is 29.4 Å². The van der Waals surface area contributed by atoms with E-state index in [-0.39, 0.29) is 6.10 Å². The Kier molecular flexibility index (Phi) is 8.74. The van der Waals surface area contributed by atoms with Crippen LogP contribution in [0.3, 0.4) is 0 Å². The lowest BCUT2D eigenvalue weighted by molar-refractivity contribution is -0.148. The van der Waals surface area contributed by atoms with Crippen molar-refractivity contribution in [2.45, 2.75) is 32.0 Å². The Labute approximate surface area is 235 Å². The van der Waals surface area contributed by atoms with Crippen LogP contribution in [0.4, 0.5) is 0 Å². The predicted octanol–water partition coefficient (Wildman–Crippen LogP) is 6.90. The van der Waals surface area contributed by atoms with Crippen molar-refractivity contribution in [3.05, 3.63) is 136 Å². The van der Waals surface area contributed by atoms with Crippen molar-refractivity contribution in [3.63, 3.8) is 0 Å². The van der Waals surface area contributed by atoms with E-state index < -0.39 is 12.1 Å². The van der Waals surface area contributed by atoms with Crippen molar-refractivity contribution >= 4 is 18.1 Å². The van der Waals surface area contributed by atoms with E-state index in [4.69, 9.17) is 14.2 Å². The first kappa shape index (κ1) is 27.4. The van der Waals surface area contributed by atoms with Crippen molar-refractivity contribution in [3.8, 4) is 5.75 Å². The summed E-state index contributed by atoms with van der Waals surface area (Å²) >= 11 is 0. The molecule has 40 heavy (non-hydrogen) atoms. The second-order valence-corrected chi connectivity index (χ2v) is 10.1. The van der Waals surface area contributed by atoms with E-state index in [9.17, 15) is 9.90 Å². The molecule has 4 aromatic rings. The molecule has 0 bridgehead atoms. The summed E-state index contributed by atoms with van der Waals surface area (Å²) in [7, 11) is 1.41.